The summed E-state index contributed by atoms with van der Waals surface area (Å²) in [6.45, 7) is 7.47. The van der Waals surface area contributed by atoms with Crippen LogP contribution in [0.3, 0.4) is 0 Å². The number of nitrogens with one attached hydrogen (secondary N) is 1. The minimum atomic E-state index is -5.08. The third kappa shape index (κ3) is 7.88. The van der Waals surface area contributed by atoms with Gasteiger partial charge in [0.15, 0.2) is 0 Å². The van der Waals surface area contributed by atoms with Gasteiger partial charge < -0.3 is 15.1 Å². The Hall–Kier alpha value is -3.28. The molecule has 3 rings (SSSR count). The SMILES string of the molecule is Cc1cc(C)cc(S(=O)(=O)Nc2ccc(N3CCC(C)CC3)c(C(=O)O)c2)c1.O=C(O)C(F)(F)F. The van der Waals surface area contributed by atoms with Crippen LogP contribution < -0.4 is 9.62 Å². The van der Waals surface area contributed by atoms with Crippen molar-refractivity contribution in [2.45, 2.75) is 44.7 Å². The van der Waals surface area contributed by atoms with Crippen molar-refractivity contribution < 1.29 is 41.4 Å². The first-order valence-corrected chi connectivity index (χ1v) is 12.1. The maximum absolute atomic E-state index is 12.7. The van der Waals surface area contributed by atoms with Crippen LogP contribution in [-0.4, -0.2) is 49.8 Å². The first-order chi connectivity index (χ1) is 16.1. The van der Waals surface area contributed by atoms with Crippen LogP contribution in [0.2, 0.25) is 0 Å². The third-order valence-electron chi connectivity index (χ3n) is 5.35. The van der Waals surface area contributed by atoms with Gasteiger partial charge in [-0.25, -0.2) is 18.0 Å². The first-order valence-electron chi connectivity index (χ1n) is 10.6. The Bertz CT molecular complexity index is 1170. The van der Waals surface area contributed by atoms with Crippen molar-refractivity contribution in [3.63, 3.8) is 0 Å². The molecule has 0 aliphatic carbocycles. The fourth-order valence-electron chi connectivity index (χ4n) is 3.60. The molecule has 2 aromatic rings. The zero-order valence-electron chi connectivity index (χ0n) is 19.4. The highest BCUT2D eigenvalue weighted by Crippen LogP contribution is 2.29. The van der Waals surface area contributed by atoms with Crippen LogP contribution in [0.25, 0.3) is 0 Å². The largest absolute Gasteiger partial charge is 0.490 e. The molecule has 1 aliphatic rings. The zero-order chi connectivity index (χ0) is 26.6. The van der Waals surface area contributed by atoms with E-state index in [1.807, 2.05) is 19.9 Å². The fraction of sp³-hybridized carbons (Fsp3) is 0.391. The number of aromatic carboxylic acids is 1. The second kappa shape index (κ2) is 11.0. The second-order valence-corrected chi connectivity index (χ2v) is 10.1. The average molecular weight is 517 g/mol. The highest BCUT2D eigenvalue weighted by molar-refractivity contribution is 7.92. The molecule has 0 atom stereocenters. The maximum Gasteiger partial charge on any atom is 0.490 e. The first kappa shape index (κ1) is 28.0. The van der Waals surface area contributed by atoms with E-state index < -0.39 is 28.1 Å². The van der Waals surface area contributed by atoms with Gasteiger partial charge >= 0.3 is 18.1 Å². The van der Waals surface area contributed by atoms with Crippen molar-refractivity contribution >= 4 is 33.3 Å². The van der Waals surface area contributed by atoms with Crippen molar-refractivity contribution in [2.75, 3.05) is 22.7 Å². The molecule has 12 heteroatoms. The number of benzene rings is 2. The Morgan fingerprint density at radius 3 is 1.97 bits per heavy atom. The topological polar surface area (TPSA) is 124 Å². The number of sulfonamides is 1. The molecule has 3 N–H and O–H groups in total. The summed E-state index contributed by atoms with van der Waals surface area (Å²) in [4.78, 5) is 22.9. The number of carboxylic acids is 2. The van der Waals surface area contributed by atoms with E-state index in [0.29, 0.717) is 11.6 Å². The monoisotopic (exact) mass is 516 g/mol. The predicted molar refractivity (Wildman–Crippen MR) is 124 cm³/mol. The van der Waals surface area contributed by atoms with Gasteiger partial charge in [0, 0.05) is 18.8 Å². The number of piperidine rings is 1. The van der Waals surface area contributed by atoms with Gasteiger partial charge in [0.05, 0.1) is 16.1 Å². The van der Waals surface area contributed by atoms with Gasteiger partial charge in [0.1, 0.15) is 0 Å². The lowest BCUT2D eigenvalue weighted by Gasteiger charge is -2.33. The van der Waals surface area contributed by atoms with Crippen LogP contribution in [0.5, 0.6) is 0 Å². The van der Waals surface area contributed by atoms with E-state index in [-0.39, 0.29) is 16.1 Å². The van der Waals surface area contributed by atoms with Crippen molar-refractivity contribution in [3.8, 4) is 0 Å². The van der Waals surface area contributed by atoms with Crippen LogP contribution in [-0.2, 0) is 14.8 Å². The molecule has 0 bridgehead atoms. The number of alkyl halides is 3. The molecule has 1 saturated heterocycles. The normalized spacial score (nSPS) is 14.6. The molecule has 1 fully saturated rings. The van der Waals surface area contributed by atoms with E-state index in [1.165, 1.54) is 6.07 Å². The number of rotatable bonds is 5. The van der Waals surface area contributed by atoms with Crippen LogP contribution in [0.4, 0.5) is 24.5 Å². The Labute approximate surface area is 201 Å². The Morgan fingerprint density at radius 2 is 1.51 bits per heavy atom. The molecule has 192 valence electrons. The molecule has 0 radical (unpaired) electrons. The van der Waals surface area contributed by atoms with E-state index in [0.717, 1.165) is 37.1 Å². The van der Waals surface area contributed by atoms with E-state index in [2.05, 4.69) is 16.5 Å². The summed E-state index contributed by atoms with van der Waals surface area (Å²) in [7, 11) is -3.80. The summed E-state index contributed by atoms with van der Waals surface area (Å²) < 4.78 is 59.7. The molecule has 1 heterocycles. The lowest BCUT2D eigenvalue weighted by Crippen LogP contribution is -2.33. The molecule has 0 saturated carbocycles. The van der Waals surface area contributed by atoms with Crippen LogP contribution in [0.1, 0.15) is 41.3 Å². The van der Waals surface area contributed by atoms with E-state index in [1.54, 1.807) is 24.3 Å². The molecule has 2 aromatic carbocycles. The number of hydrogen-bond acceptors (Lipinski definition) is 5. The third-order valence-corrected chi connectivity index (χ3v) is 6.71. The number of hydrogen-bond donors (Lipinski definition) is 3. The van der Waals surface area contributed by atoms with Gasteiger partial charge in [0.25, 0.3) is 10.0 Å². The summed E-state index contributed by atoms with van der Waals surface area (Å²) >= 11 is 0. The van der Waals surface area contributed by atoms with Crippen molar-refractivity contribution in [1.82, 2.24) is 0 Å². The molecule has 0 unspecified atom stereocenters. The van der Waals surface area contributed by atoms with Gasteiger partial charge in [-0.3, -0.25) is 4.72 Å². The minimum Gasteiger partial charge on any atom is -0.478 e. The highest BCUT2D eigenvalue weighted by atomic mass is 32.2. The number of anilines is 2. The lowest BCUT2D eigenvalue weighted by atomic mass is 9.98. The second-order valence-electron chi connectivity index (χ2n) is 8.44. The number of carbonyl (C=O) groups is 2. The van der Waals surface area contributed by atoms with Crippen molar-refractivity contribution in [2.24, 2.45) is 5.92 Å². The van der Waals surface area contributed by atoms with Gasteiger partial charge in [0.2, 0.25) is 0 Å². The number of aryl methyl sites for hydroxylation is 2. The number of halogens is 3. The summed E-state index contributed by atoms with van der Waals surface area (Å²) in [6, 6.07) is 9.80. The fourth-order valence-corrected chi connectivity index (χ4v) is 4.84. The number of aliphatic carboxylic acids is 1. The Kier molecular flexibility index (Phi) is 8.77. The van der Waals surface area contributed by atoms with E-state index in [4.69, 9.17) is 9.90 Å². The Morgan fingerprint density at radius 1 is 1.00 bits per heavy atom. The van der Waals surface area contributed by atoms with Crippen molar-refractivity contribution in [3.05, 3.63) is 53.1 Å². The standard InChI is InChI=1S/C21H26N2O4S.C2HF3O2/c1-14-6-8-23(9-7-14)20-5-4-17(13-19(20)21(24)25)22-28(26,27)18-11-15(2)10-16(3)12-18;3-2(4,5)1(6)7/h4-5,10-14,22H,6-9H2,1-3H3,(H,24,25);(H,6,7). The average Bonchev–Trinajstić information content (AvgIpc) is 2.73. The number of nitrogens with zero attached hydrogens (tertiary/aromatic N) is 1. The minimum absolute atomic E-state index is 0.107. The molecular weight excluding hydrogens is 489 g/mol. The van der Waals surface area contributed by atoms with Crippen LogP contribution in [0, 0.1) is 19.8 Å². The van der Waals surface area contributed by atoms with Gasteiger partial charge in [-0.05, 0) is 74.1 Å². The quantitative estimate of drug-likeness (QED) is 0.528. The molecule has 35 heavy (non-hydrogen) atoms. The summed E-state index contributed by atoms with van der Waals surface area (Å²) in [5, 5.41) is 16.8. The van der Waals surface area contributed by atoms with E-state index >= 15 is 0 Å². The lowest BCUT2D eigenvalue weighted by molar-refractivity contribution is -0.192. The van der Waals surface area contributed by atoms with Gasteiger partial charge in [-0.1, -0.05) is 13.0 Å². The van der Waals surface area contributed by atoms with Gasteiger partial charge in [-0.15, -0.1) is 0 Å². The smallest absolute Gasteiger partial charge is 0.478 e. The van der Waals surface area contributed by atoms with Crippen molar-refractivity contribution in [1.29, 1.82) is 0 Å². The van der Waals surface area contributed by atoms with Crippen LogP contribution >= 0.6 is 0 Å². The molecule has 8 nitrogen and oxygen atoms in total. The zero-order valence-corrected chi connectivity index (χ0v) is 20.2. The van der Waals surface area contributed by atoms with Crippen LogP contribution in [0.15, 0.2) is 41.3 Å². The Balaban J connectivity index is 0.000000540. The summed E-state index contributed by atoms with van der Waals surface area (Å²) in [5.41, 5.74) is 2.68. The highest BCUT2D eigenvalue weighted by Gasteiger charge is 2.38. The van der Waals surface area contributed by atoms with Gasteiger partial charge in [-0.2, -0.15) is 13.2 Å². The molecule has 1 aliphatic heterocycles. The molecule has 0 spiro atoms. The van der Waals surface area contributed by atoms with E-state index in [9.17, 15) is 31.5 Å². The summed E-state index contributed by atoms with van der Waals surface area (Å²) in [6.07, 6.45) is -3.06. The predicted octanol–water partition coefficient (Wildman–Crippen LogP) is 4.67. The number of carboxylic acid groups (broad SMARTS) is 2. The molecule has 0 amide bonds. The maximum atomic E-state index is 12.7. The summed E-state index contributed by atoms with van der Waals surface area (Å²) in [5.74, 6) is -3.19. The molecule has 0 aromatic heterocycles. The molecular formula is C23H27F3N2O6S.